The highest BCUT2D eigenvalue weighted by Gasteiger charge is 2.09. The second kappa shape index (κ2) is 4.98. The van der Waals surface area contributed by atoms with Crippen LogP contribution in [0.15, 0.2) is 54.7 Å². The highest BCUT2D eigenvalue weighted by molar-refractivity contribution is 5.96. The maximum Gasteiger partial charge on any atom is 0.184 e. The summed E-state index contributed by atoms with van der Waals surface area (Å²) in [6.45, 7) is 0.194. The van der Waals surface area contributed by atoms with Crippen LogP contribution >= 0.6 is 0 Å². The van der Waals surface area contributed by atoms with Gasteiger partial charge in [0.05, 0.1) is 23.3 Å². The summed E-state index contributed by atoms with van der Waals surface area (Å²) >= 11 is 0. The summed E-state index contributed by atoms with van der Waals surface area (Å²) in [6, 6.07) is 16.4. The van der Waals surface area contributed by atoms with Crippen LogP contribution in [0, 0.1) is 11.3 Å². The Bertz CT molecular complexity index is 810. The van der Waals surface area contributed by atoms with Gasteiger partial charge in [0.1, 0.15) is 6.54 Å². The lowest BCUT2D eigenvalue weighted by molar-refractivity contribution is 0.0969. The van der Waals surface area contributed by atoms with Gasteiger partial charge in [-0.1, -0.05) is 30.3 Å². The van der Waals surface area contributed by atoms with E-state index in [1.807, 2.05) is 30.3 Å². The molecule has 0 N–H and O–H groups in total. The third-order valence-corrected chi connectivity index (χ3v) is 3.18. The number of ketones is 1. The normalized spacial score (nSPS) is 10.3. The van der Waals surface area contributed by atoms with Crippen molar-refractivity contribution in [2.24, 2.45) is 0 Å². The van der Waals surface area contributed by atoms with Crippen LogP contribution in [0.2, 0.25) is 0 Å². The number of fused-ring (bicyclic) bond motifs is 1. The van der Waals surface area contributed by atoms with Crippen molar-refractivity contribution in [2.45, 2.75) is 6.54 Å². The molecule has 0 saturated heterocycles. The van der Waals surface area contributed by atoms with E-state index < -0.39 is 0 Å². The minimum absolute atomic E-state index is 0.0247. The molecule has 0 unspecified atom stereocenters. The number of carbonyl (C=O) groups excluding carboxylic acids is 1. The van der Waals surface area contributed by atoms with Gasteiger partial charge in [-0.15, -0.1) is 0 Å². The molecule has 4 nitrogen and oxygen atoms in total. The minimum atomic E-state index is -0.0247. The molecule has 4 heteroatoms. The number of hydrogen-bond donors (Lipinski definition) is 0. The summed E-state index contributed by atoms with van der Waals surface area (Å²) in [5.74, 6) is -0.0247. The maximum atomic E-state index is 12.2. The van der Waals surface area contributed by atoms with Gasteiger partial charge in [0.25, 0.3) is 0 Å². The molecule has 3 rings (SSSR count). The Hall–Kier alpha value is -2.93. The van der Waals surface area contributed by atoms with Crippen LogP contribution in [0.3, 0.4) is 0 Å². The van der Waals surface area contributed by atoms with Crippen LogP contribution in [-0.4, -0.2) is 15.6 Å². The fourth-order valence-electron chi connectivity index (χ4n) is 2.11. The number of Topliss-reactive ketones (excluding diaryl/α,β-unsaturated/α-hetero) is 1. The molecule has 0 saturated carbocycles. The van der Waals surface area contributed by atoms with Gasteiger partial charge in [-0.3, -0.25) is 9.48 Å². The smallest absolute Gasteiger partial charge is 0.184 e. The van der Waals surface area contributed by atoms with Gasteiger partial charge in [0.2, 0.25) is 0 Å². The molecule has 0 bridgehead atoms. The van der Waals surface area contributed by atoms with Crippen LogP contribution in [-0.2, 0) is 6.54 Å². The lowest BCUT2D eigenvalue weighted by Crippen LogP contribution is -2.11. The van der Waals surface area contributed by atoms with Crippen molar-refractivity contribution in [3.8, 4) is 6.07 Å². The van der Waals surface area contributed by atoms with Gasteiger partial charge in [0, 0.05) is 10.9 Å². The predicted octanol–water partition coefficient (Wildman–Crippen LogP) is 2.79. The van der Waals surface area contributed by atoms with E-state index in [-0.39, 0.29) is 12.3 Å². The molecular weight excluding hydrogens is 250 g/mol. The Balaban J connectivity index is 1.87. The standard InChI is InChI=1S/C16H11N3O/c17-9-12-5-7-13(8-6-12)16(20)11-19-15-4-2-1-3-14(15)10-18-19/h1-8,10H,11H2. The first kappa shape index (κ1) is 12.1. The average molecular weight is 261 g/mol. The van der Waals surface area contributed by atoms with E-state index in [4.69, 9.17) is 5.26 Å². The van der Waals surface area contributed by atoms with E-state index in [0.29, 0.717) is 11.1 Å². The lowest BCUT2D eigenvalue weighted by Gasteiger charge is -2.03. The van der Waals surface area contributed by atoms with Crippen LogP contribution in [0.25, 0.3) is 10.9 Å². The average Bonchev–Trinajstić information content (AvgIpc) is 2.91. The van der Waals surface area contributed by atoms with E-state index in [1.165, 1.54) is 0 Å². The Morgan fingerprint density at radius 1 is 1.15 bits per heavy atom. The molecule has 0 aliphatic heterocycles. The second-order valence-electron chi connectivity index (χ2n) is 4.47. The van der Waals surface area contributed by atoms with Crippen LogP contribution in [0.4, 0.5) is 0 Å². The third kappa shape index (κ3) is 2.17. The van der Waals surface area contributed by atoms with Gasteiger partial charge < -0.3 is 0 Å². The van der Waals surface area contributed by atoms with Gasteiger partial charge in [-0.25, -0.2) is 0 Å². The molecule has 1 heterocycles. The molecule has 0 radical (unpaired) electrons. The van der Waals surface area contributed by atoms with E-state index in [1.54, 1.807) is 35.1 Å². The van der Waals surface area contributed by atoms with Gasteiger partial charge in [-0.2, -0.15) is 10.4 Å². The molecule has 20 heavy (non-hydrogen) atoms. The molecule has 0 atom stereocenters. The molecule has 2 aromatic carbocycles. The zero-order chi connectivity index (χ0) is 13.9. The Morgan fingerprint density at radius 3 is 2.65 bits per heavy atom. The van der Waals surface area contributed by atoms with Crippen molar-refractivity contribution >= 4 is 16.7 Å². The highest BCUT2D eigenvalue weighted by Crippen LogP contribution is 2.13. The summed E-state index contributed by atoms with van der Waals surface area (Å²) in [4.78, 5) is 12.2. The lowest BCUT2D eigenvalue weighted by atomic mass is 10.1. The van der Waals surface area contributed by atoms with Gasteiger partial charge in [-0.05, 0) is 18.2 Å². The number of nitriles is 1. The molecular formula is C16H11N3O. The monoisotopic (exact) mass is 261 g/mol. The zero-order valence-corrected chi connectivity index (χ0v) is 10.7. The Morgan fingerprint density at radius 2 is 1.90 bits per heavy atom. The summed E-state index contributed by atoms with van der Waals surface area (Å²) < 4.78 is 1.69. The molecule has 0 aliphatic carbocycles. The number of hydrogen-bond acceptors (Lipinski definition) is 3. The number of rotatable bonds is 3. The minimum Gasteiger partial charge on any atom is -0.292 e. The third-order valence-electron chi connectivity index (χ3n) is 3.18. The molecule has 1 aromatic heterocycles. The van der Waals surface area contributed by atoms with E-state index in [0.717, 1.165) is 10.9 Å². The first-order chi connectivity index (χ1) is 9.78. The summed E-state index contributed by atoms with van der Waals surface area (Å²) in [5.41, 5.74) is 2.07. The SMILES string of the molecule is N#Cc1ccc(C(=O)Cn2ncc3ccccc32)cc1. The highest BCUT2D eigenvalue weighted by atomic mass is 16.1. The number of nitrogens with zero attached hydrogens (tertiary/aromatic N) is 3. The number of carbonyl (C=O) groups is 1. The van der Waals surface area contributed by atoms with Gasteiger partial charge in [0.15, 0.2) is 5.78 Å². The van der Waals surface area contributed by atoms with Crippen molar-refractivity contribution in [2.75, 3.05) is 0 Å². The van der Waals surface area contributed by atoms with E-state index in [9.17, 15) is 4.79 Å². The van der Waals surface area contributed by atoms with Crippen molar-refractivity contribution in [1.29, 1.82) is 5.26 Å². The quantitative estimate of drug-likeness (QED) is 0.681. The van der Waals surface area contributed by atoms with Crippen LogP contribution < -0.4 is 0 Å². The fraction of sp³-hybridized carbons (Fsp3) is 0.0625. The molecule has 0 spiro atoms. The van der Waals surface area contributed by atoms with Crippen molar-refractivity contribution < 1.29 is 4.79 Å². The Labute approximate surface area is 115 Å². The number of benzene rings is 2. The summed E-state index contributed by atoms with van der Waals surface area (Å²) in [7, 11) is 0. The molecule has 0 aliphatic rings. The summed E-state index contributed by atoms with van der Waals surface area (Å²) in [6.07, 6.45) is 1.75. The largest absolute Gasteiger partial charge is 0.292 e. The van der Waals surface area contributed by atoms with Crippen LogP contribution in [0.1, 0.15) is 15.9 Å². The van der Waals surface area contributed by atoms with Crippen LogP contribution in [0.5, 0.6) is 0 Å². The molecule has 3 aromatic rings. The zero-order valence-electron chi connectivity index (χ0n) is 10.7. The number of aromatic nitrogens is 2. The molecule has 0 amide bonds. The van der Waals surface area contributed by atoms with Crippen molar-refractivity contribution in [3.05, 3.63) is 65.9 Å². The maximum absolute atomic E-state index is 12.2. The fourth-order valence-corrected chi connectivity index (χ4v) is 2.11. The summed E-state index contributed by atoms with van der Waals surface area (Å²) in [5, 5.41) is 14.0. The topological polar surface area (TPSA) is 58.7 Å². The number of para-hydroxylation sites is 1. The Kier molecular flexibility index (Phi) is 3.02. The van der Waals surface area contributed by atoms with Crippen molar-refractivity contribution in [3.63, 3.8) is 0 Å². The second-order valence-corrected chi connectivity index (χ2v) is 4.47. The van der Waals surface area contributed by atoms with Gasteiger partial charge >= 0.3 is 0 Å². The first-order valence-electron chi connectivity index (χ1n) is 6.22. The predicted molar refractivity (Wildman–Crippen MR) is 75.2 cm³/mol. The van der Waals surface area contributed by atoms with E-state index in [2.05, 4.69) is 5.10 Å². The molecule has 96 valence electrons. The van der Waals surface area contributed by atoms with Crippen molar-refractivity contribution in [1.82, 2.24) is 9.78 Å². The van der Waals surface area contributed by atoms with E-state index >= 15 is 0 Å². The first-order valence-corrected chi connectivity index (χ1v) is 6.22. The molecule has 0 fully saturated rings.